The van der Waals surface area contributed by atoms with Gasteiger partial charge in [-0.25, -0.2) is 9.37 Å². The maximum absolute atomic E-state index is 13.2. The van der Waals surface area contributed by atoms with Gasteiger partial charge in [-0.05, 0) is 18.2 Å². The molecule has 0 radical (unpaired) electrons. The van der Waals surface area contributed by atoms with Crippen LogP contribution in [0, 0.1) is 5.82 Å². The fraction of sp³-hybridized carbons (Fsp3) is 0.133. The molecular formula is C15H11FN4OS. The summed E-state index contributed by atoms with van der Waals surface area (Å²) in [6.45, 7) is 0.534. The largest absolute Gasteiger partial charge is 0.356 e. The number of anilines is 1. The third-order valence-corrected chi connectivity index (χ3v) is 4.55. The van der Waals surface area contributed by atoms with Crippen LogP contribution < -0.4 is 4.90 Å². The van der Waals surface area contributed by atoms with E-state index in [0.717, 1.165) is 26.4 Å². The maximum atomic E-state index is 13.2. The normalized spacial score (nSPS) is 11.4. The van der Waals surface area contributed by atoms with Gasteiger partial charge in [0.15, 0.2) is 10.7 Å². The zero-order valence-corrected chi connectivity index (χ0v) is 12.5. The molecule has 4 aromatic rings. The molecule has 4 rings (SSSR count). The van der Waals surface area contributed by atoms with Gasteiger partial charge >= 0.3 is 0 Å². The van der Waals surface area contributed by atoms with E-state index in [4.69, 9.17) is 4.52 Å². The number of benzene rings is 1. The van der Waals surface area contributed by atoms with Crippen LogP contribution in [-0.4, -0.2) is 22.2 Å². The fourth-order valence-corrected chi connectivity index (χ4v) is 3.19. The van der Waals surface area contributed by atoms with Crippen LogP contribution in [0.3, 0.4) is 0 Å². The highest BCUT2D eigenvalue weighted by molar-refractivity contribution is 7.22. The van der Waals surface area contributed by atoms with Gasteiger partial charge in [0.1, 0.15) is 17.0 Å². The highest BCUT2D eigenvalue weighted by atomic mass is 32.1. The Kier molecular flexibility index (Phi) is 3.00. The summed E-state index contributed by atoms with van der Waals surface area (Å²) >= 11 is 1.59. The van der Waals surface area contributed by atoms with Gasteiger partial charge in [0.05, 0.1) is 17.4 Å². The van der Waals surface area contributed by atoms with Gasteiger partial charge in [0, 0.05) is 24.7 Å². The van der Waals surface area contributed by atoms with E-state index in [9.17, 15) is 4.39 Å². The van der Waals surface area contributed by atoms with Gasteiger partial charge in [-0.3, -0.25) is 4.98 Å². The SMILES string of the molecule is CN(Cc1noc2cc(F)ccc12)c1nc2cnccc2s1. The first-order valence-electron chi connectivity index (χ1n) is 6.66. The van der Waals surface area contributed by atoms with Gasteiger partial charge in [-0.2, -0.15) is 0 Å². The molecule has 0 aliphatic heterocycles. The van der Waals surface area contributed by atoms with Gasteiger partial charge in [-0.1, -0.05) is 16.5 Å². The van der Waals surface area contributed by atoms with Crippen molar-refractivity contribution in [2.45, 2.75) is 6.54 Å². The molecule has 0 saturated heterocycles. The maximum Gasteiger partial charge on any atom is 0.186 e. The van der Waals surface area contributed by atoms with Crippen molar-refractivity contribution >= 4 is 37.7 Å². The number of hydrogen-bond acceptors (Lipinski definition) is 6. The number of hydrogen-bond donors (Lipinski definition) is 0. The van der Waals surface area contributed by atoms with E-state index < -0.39 is 0 Å². The Morgan fingerprint density at radius 3 is 3.09 bits per heavy atom. The predicted molar refractivity (Wildman–Crippen MR) is 83.5 cm³/mol. The second-order valence-corrected chi connectivity index (χ2v) is 5.97. The monoisotopic (exact) mass is 314 g/mol. The molecule has 0 N–H and O–H groups in total. The van der Waals surface area contributed by atoms with Gasteiger partial charge in [-0.15, -0.1) is 0 Å². The second-order valence-electron chi connectivity index (χ2n) is 4.97. The molecule has 0 spiro atoms. The van der Waals surface area contributed by atoms with Crippen LogP contribution >= 0.6 is 11.3 Å². The van der Waals surface area contributed by atoms with E-state index >= 15 is 0 Å². The van der Waals surface area contributed by atoms with Crippen molar-refractivity contribution in [3.8, 4) is 0 Å². The number of thiazole rings is 1. The van der Waals surface area contributed by atoms with Crippen molar-refractivity contribution in [1.82, 2.24) is 15.1 Å². The quantitative estimate of drug-likeness (QED) is 0.578. The smallest absolute Gasteiger partial charge is 0.186 e. The number of rotatable bonds is 3. The van der Waals surface area contributed by atoms with E-state index in [0.29, 0.717) is 12.1 Å². The minimum absolute atomic E-state index is 0.331. The number of pyridine rings is 1. The summed E-state index contributed by atoms with van der Waals surface area (Å²) in [5.74, 6) is -0.331. The first-order chi connectivity index (χ1) is 10.7. The Morgan fingerprint density at radius 2 is 2.23 bits per heavy atom. The number of nitrogens with zero attached hydrogens (tertiary/aromatic N) is 4. The van der Waals surface area contributed by atoms with E-state index in [2.05, 4.69) is 15.1 Å². The Bertz CT molecular complexity index is 931. The molecule has 1 aromatic carbocycles. The zero-order chi connectivity index (χ0) is 15.1. The molecule has 0 saturated carbocycles. The molecule has 3 heterocycles. The summed E-state index contributed by atoms with van der Waals surface area (Å²) in [4.78, 5) is 10.6. The molecule has 0 aliphatic carbocycles. The predicted octanol–water partition coefficient (Wildman–Crippen LogP) is 3.61. The first-order valence-corrected chi connectivity index (χ1v) is 7.48. The summed E-state index contributed by atoms with van der Waals surface area (Å²) in [6, 6.07) is 6.38. The van der Waals surface area contributed by atoms with Crippen molar-refractivity contribution in [1.29, 1.82) is 0 Å². The lowest BCUT2D eigenvalue weighted by Crippen LogP contribution is -2.16. The van der Waals surface area contributed by atoms with Crippen molar-refractivity contribution < 1.29 is 8.91 Å². The van der Waals surface area contributed by atoms with E-state index in [-0.39, 0.29) is 5.82 Å². The van der Waals surface area contributed by atoms with Crippen LogP contribution in [0.5, 0.6) is 0 Å². The molecule has 0 amide bonds. The third kappa shape index (κ3) is 2.19. The Hall–Kier alpha value is -2.54. The van der Waals surface area contributed by atoms with Crippen LogP contribution in [0.25, 0.3) is 21.2 Å². The summed E-state index contributed by atoms with van der Waals surface area (Å²) in [6.07, 6.45) is 3.50. The Morgan fingerprint density at radius 1 is 1.32 bits per heavy atom. The summed E-state index contributed by atoms with van der Waals surface area (Å²) in [5.41, 5.74) is 2.09. The third-order valence-electron chi connectivity index (χ3n) is 3.40. The molecule has 7 heteroatoms. The summed E-state index contributed by atoms with van der Waals surface area (Å²) < 4.78 is 19.4. The minimum atomic E-state index is -0.331. The molecule has 0 fully saturated rings. The Labute approximate surface area is 129 Å². The van der Waals surface area contributed by atoms with Crippen LogP contribution in [0.4, 0.5) is 9.52 Å². The average Bonchev–Trinajstić information content (AvgIpc) is 3.11. The first kappa shape index (κ1) is 13.1. The molecule has 0 atom stereocenters. The lowest BCUT2D eigenvalue weighted by atomic mass is 10.2. The van der Waals surface area contributed by atoms with Crippen molar-refractivity contribution in [3.05, 3.63) is 48.2 Å². The van der Waals surface area contributed by atoms with Gasteiger partial charge < -0.3 is 9.42 Å². The van der Waals surface area contributed by atoms with E-state index in [1.165, 1.54) is 12.1 Å². The lowest BCUT2D eigenvalue weighted by Gasteiger charge is -2.13. The average molecular weight is 314 g/mol. The zero-order valence-electron chi connectivity index (χ0n) is 11.7. The van der Waals surface area contributed by atoms with E-state index in [1.54, 1.807) is 29.8 Å². The van der Waals surface area contributed by atoms with Crippen LogP contribution in [-0.2, 0) is 6.54 Å². The van der Waals surface area contributed by atoms with Crippen molar-refractivity contribution in [2.75, 3.05) is 11.9 Å². The van der Waals surface area contributed by atoms with Crippen molar-refractivity contribution in [3.63, 3.8) is 0 Å². The molecule has 0 aliphatic rings. The number of halogens is 1. The molecule has 0 unspecified atom stereocenters. The van der Waals surface area contributed by atoms with E-state index in [1.807, 2.05) is 18.0 Å². The van der Waals surface area contributed by atoms with Crippen LogP contribution in [0.1, 0.15) is 5.69 Å². The highest BCUT2D eigenvalue weighted by Crippen LogP contribution is 2.29. The molecular weight excluding hydrogens is 303 g/mol. The topological polar surface area (TPSA) is 55.1 Å². The fourth-order valence-electron chi connectivity index (χ4n) is 2.30. The van der Waals surface area contributed by atoms with Gasteiger partial charge in [0.25, 0.3) is 0 Å². The second kappa shape index (κ2) is 5.03. The number of fused-ring (bicyclic) bond motifs is 2. The van der Waals surface area contributed by atoms with Crippen molar-refractivity contribution in [2.24, 2.45) is 0 Å². The van der Waals surface area contributed by atoms with Gasteiger partial charge in [0.2, 0.25) is 0 Å². The molecule has 5 nitrogen and oxygen atoms in total. The standard InChI is InChI=1S/C15H11FN4OS/c1-20(15-18-11-7-17-5-4-14(11)22-15)8-12-10-3-2-9(16)6-13(10)21-19-12/h2-7H,8H2,1H3. The Balaban J connectivity index is 1.66. The highest BCUT2D eigenvalue weighted by Gasteiger charge is 2.14. The molecule has 110 valence electrons. The summed E-state index contributed by atoms with van der Waals surface area (Å²) in [7, 11) is 1.94. The number of aromatic nitrogens is 3. The van der Waals surface area contributed by atoms with Crippen LogP contribution in [0.2, 0.25) is 0 Å². The van der Waals surface area contributed by atoms with Crippen LogP contribution in [0.15, 0.2) is 41.2 Å². The lowest BCUT2D eigenvalue weighted by molar-refractivity contribution is 0.444. The molecule has 0 bridgehead atoms. The minimum Gasteiger partial charge on any atom is -0.356 e. The summed E-state index contributed by atoms with van der Waals surface area (Å²) in [5, 5.41) is 5.73. The molecule has 3 aromatic heterocycles. The molecule has 22 heavy (non-hydrogen) atoms.